The van der Waals surface area contributed by atoms with Gasteiger partial charge in [-0.3, -0.25) is 4.90 Å². The highest BCUT2D eigenvalue weighted by atomic mass is 15.2. The minimum Gasteiger partial charge on any atom is -0.311 e. The quantitative estimate of drug-likeness (QED) is 0.826. The summed E-state index contributed by atoms with van der Waals surface area (Å²) in [4.78, 5) is 2.74. The summed E-state index contributed by atoms with van der Waals surface area (Å²) in [6.45, 7) is 16.2. The highest BCUT2D eigenvalue weighted by Crippen LogP contribution is 2.62. The van der Waals surface area contributed by atoms with E-state index in [1.165, 1.54) is 51.7 Å². The van der Waals surface area contributed by atoms with Crippen molar-refractivity contribution in [2.45, 2.75) is 78.8 Å². The molecule has 1 aliphatic heterocycles. The Morgan fingerprint density at radius 3 is 2.33 bits per heavy atom. The monoisotopic (exact) mass is 292 g/mol. The van der Waals surface area contributed by atoms with Crippen molar-refractivity contribution in [2.24, 2.45) is 22.7 Å². The summed E-state index contributed by atoms with van der Waals surface area (Å²) in [5, 5.41) is 4.06. The molecule has 0 aromatic heterocycles. The summed E-state index contributed by atoms with van der Waals surface area (Å²) in [7, 11) is 0. The van der Waals surface area contributed by atoms with E-state index in [1.807, 2.05) is 0 Å². The van der Waals surface area contributed by atoms with E-state index in [1.54, 1.807) is 0 Å². The van der Waals surface area contributed by atoms with Crippen LogP contribution in [0.15, 0.2) is 0 Å². The predicted molar refractivity (Wildman–Crippen MR) is 90.5 cm³/mol. The van der Waals surface area contributed by atoms with Gasteiger partial charge in [0.1, 0.15) is 0 Å². The van der Waals surface area contributed by atoms with Crippen LogP contribution in [0.1, 0.15) is 66.7 Å². The summed E-state index contributed by atoms with van der Waals surface area (Å²) < 4.78 is 0. The standard InChI is InChI=1S/C19H36N2/c1-14(2)16(21-10-6-7-11-21)13-20-17-18(3,4)15-8-9-19(17,5)12-15/h14-17,20H,6-13H2,1-5H3. The van der Waals surface area contributed by atoms with Gasteiger partial charge in [0, 0.05) is 18.6 Å². The highest BCUT2D eigenvalue weighted by molar-refractivity contribution is 5.12. The van der Waals surface area contributed by atoms with Crippen molar-refractivity contribution in [1.82, 2.24) is 10.2 Å². The van der Waals surface area contributed by atoms with Crippen molar-refractivity contribution in [3.8, 4) is 0 Å². The van der Waals surface area contributed by atoms with Gasteiger partial charge in [-0.25, -0.2) is 0 Å². The Balaban J connectivity index is 1.65. The van der Waals surface area contributed by atoms with Crippen LogP contribution in [0.3, 0.4) is 0 Å². The Morgan fingerprint density at radius 1 is 1.14 bits per heavy atom. The van der Waals surface area contributed by atoms with E-state index in [4.69, 9.17) is 0 Å². The highest BCUT2D eigenvalue weighted by Gasteiger charge is 2.59. The molecule has 0 radical (unpaired) electrons. The van der Waals surface area contributed by atoms with Gasteiger partial charge in [0.2, 0.25) is 0 Å². The summed E-state index contributed by atoms with van der Waals surface area (Å²) in [6.07, 6.45) is 7.15. The van der Waals surface area contributed by atoms with Gasteiger partial charge in [0.25, 0.3) is 0 Å². The van der Waals surface area contributed by atoms with E-state index in [0.717, 1.165) is 17.9 Å². The first-order valence-electron chi connectivity index (χ1n) is 9.32. The molecule has 4 unspecified atom stereocenters. The maximum Gasteiger partial charge on any atom is 0.0243 e. The molecular weight excluding hydrogens is 256 g/mol. The first kappa shape index (κ1) is 15.8. The van der Waals surface area contributed by atoms with Crippen LogP contribution in [0.5, 0.6) is 0 Å². The van der Waals surface area contributed by atoms with Crippen molar-refractivity contribution < 1.29 is 0 Å². The van der Waals surface area contributed by atoms with Crippen molar-refractivity contribution in [2.75, 3.05) is 19.6 Å². The van der Waals surface area contributed by atoms with Gasteiger partial charge in [0.05, 0.1) is 0 Å². The largest absolute Gasteiger partial charge is 0.311 e. The third-order valence-corrected chi connectivity index (χ3v) is 7.18. The van der Waals surface area contributed by atoms with Crippen LogP contribution < -0.4 is 5.32 Å². The SMILES string of the molecule is CC(C)C(CNC1C2(C)CCC(C2)C1(C)C)N1CCCC1. The van der Waals surface area contributed by atoms with E-state index in [2.05, 4.69) is 44.8 Å². The zero-order chi connectivity index (χ0) is 15.3. The first-order valence-corrected chi connectivity index (χ1v) is 9.32. The van der Waals surface area contributed by atoms with Crippen LogP contribution in [0.2, 0.25) is 0 Å². The summed E-state index contributed by atoms with van der Waals surface area (Å²) in [6, 6.07) is 1.44. The molecular formula is C19H36N2. The summed E-state index contributed by atoms with van der Waals surface area (Å²) in [5.74, 6) is 1.70. The number of hydrogen-bond donors (Lipinski definition) is 1. The molecule has 1 N–H and O–H groups in total. The average molecular weight is 293 g/mol. The van der Waals surface area contributed by atoms with Crippen LogP contribution in [0.4, 0.5) is 0 Å². The minimum absolute atomic E-state index is 0.486. The molecule has 4 atom stereocenters. The minimum atomic E-state index is 0.486. The van der Waals surface area contributed by atoms with Crippen molar-refractivity contribution in [3.63, 3.8) is 0 Å². The van der Waals surface area contributed by atoms with Crippen molar-refractivity contribution in [3.05, 3.63) is 0 Å². The third kappa shape index (κ3) is 2.67. The molecule has 2 saturated carbocycles. The molecule has 122 valence electrons. The molecule has 0 aromatic rings. The third-order valence-electron chi connectivity index (χ3n) is 7.18. The van der Waals surface area contributed by atoms with Crippen molar-refractivity contribution in [1.29, 1.82) is 0 Å². The molecule has 21 heavy (non-hydrogen) atoms. The molecule has 3 aliphatic rings. The smallest absolute Gasteiger partial charge is 0.0243 e. The summed E-state index contributed by atoms with van der Waals surface area (Å²) >= 11 is 0. The van der Waals surface area contributed by atoms with E-state index < -0.39 is 0 Å². The lowest BCUT2D eigenvalue weighted by Crippen LogP contribution is -2.54. The predicted octanol–water partition coefficient (Wildman–Crippen LogP) is 3.91. The molecule has 2 heteroatoms. The van der Waals surface area contributed by atoms with E-state index in [0.29, 0.717) is 16.9 Å². The van der Waals surface area contributed by atoms with Crippen LogP contribution in [-0.2, 0) is 0 Å². The molecule has 2 aliphatic carbocycles. The molecule has 3 fully saturated rings. The second kappa shape index (κ2) is 5.53. The Hall–Kier alpha value is -0.0800. The molecule has 0 aromatic carbocycles. The van der Waals surface area contributed by atoms with Crippen LogP contribution >= 0.6 is 0 Å². The van der Waals surface area contributed by atoms with Gasteiger partial charge < -0.3 is 5.32 Å². The van der Waals surface area contributed by atoms with Gasteiger partial charge in [0.15, 0.2) is 0 Å². The number of rotatable bonds is 5. The molecule has 1 saturated heterocycles. The second-order valence-electron chi connectivity index (χ2n) is 9.31. The van der Waals surface area contributed by atoms with Crippen molar-refractivity contribution >= 4 is 0 Å². The van der Waals surface area contributed by atoms with Gasteiger partial charge >= 0.3 is 0 Å². The van der Waals surface area contributed by atoms with Crippen LogP contribution in [0.25, 0.3) is 0 Å². The van der Waals surface area contributed by atoms with Gasteiger partial charge in [-0.05, 0) is 67.9 Å². The topological polar surface area (TPSA) is 15.3 Å². The number of nitrogens with zero attached hydrogens (tertiary/aromatic N) is 1. The molecule has 0 spiro atoms. The van der Waals surface area contributed by atoms with E-state index >= 15 is 0 Å². The van der Waals surface area contributed by atoms with Gasteiger partial charge in [-0.2, -0.15) is 0 Å². The van der Waals surface area contributed by atoms with Crippen LogP contribution in [-0.4, -0.2) is 36.6 Å². The average Bonchev–Trinajstić information content (AvgIpc) is 3.06. The number of fused-ring (bicyclic) bond motifs is 2. The Kier molecular flexibility index (Phi) is 4.16. The Morgan fingerprint density at radius 2 is 1.81 bits per heavy atom. The first-order chi connectivity index (χ1) is 9.84. The fourth-order valence-corrected chi connectivity index (χ4v) is 5.91. The summed E-state index contributed by atoms with van der Waals surface area (Å²) in [5.41, 5.74) is 1.04. The van der Waals surface area contributed by atoms with Crippen LogP contribution in [0, 0.1) is 22.7 Å². The zero-order valence-electron chi connectivity index (χ0n) is 14.9. The van der Waals surface area contributed by atoms with E-state index in [9.17, 15) is 0 Å². The van der Waals surface area contributed by atoms with Gasteiger partial charge in [-0.15, -0.1) is 0 Å². The Bertz CT molecular complexity index is 365. The maximum atomic E-state index is 4.06. The second-order valence-corrected chi connectivity index (χ2v) is 9.31. The number of nitrogens with one attached hydrogen (secondary N) is 1. The normalized spacial score (nSPS) is 40.3. The van der Waals surface area contributed by atoms with Gasteiger partial charge in [-0.1, -0.05) is 34.6 Å². The molecule has 1 heterocycles. The van der Waals surface area contributed by atoms with E-state index in [-0.39, 0.29) is 0 Å². The number of hydrogen-bond acceptors (Lipinski definition) is 2. The molecule has 3 rings (SSSR count). The lowest BCUT2D eigenvalue weighted by atomic mass is 9.68. The lowest BCUT2D eigenvalue weighted by Gasteiger charge is -2.45. The fourth-order valence-electron chi connectivity index (χ4n) is 5.91. The maximum absolute atomic E-state index is 4.06. The molecule has 0 amide bonds. The molecule has 2 bridgehead atoms. The fraction of sp³-hybridized carbons (Fsp3) is 1.00. The number of likely N-dealkylation sites (tertiary alicyclic amines) is 1. The zero-order valence-corrected chi connectivity index (χ0v) is 14.9. The lowest BCUT2D eigenvalue weighted by molar-refractivity contribution is 0.0924. The molecule has 2 nitrogen and oxygen atoms in total. The Labute approximate surface area is 132 Å².